The fourth-order valence-electron chi connectivity index (χ4n) is 3.77. The average molecular weight is 422 g/mol. The molecule has 0 aliphatic carbocycles. The Labute approximate surface area is 173 Å². The molecule has 2 aromatic carbocycles. The summed E-state index contributed by atoms with van der Waals surface area (Å²) >= 11 is 0. The molecule has 1 aliphatic heterocycles. The molecule has 0 bridgehead atoms. The summed E-state index contributed by atoms with van der Waals surface area (Å²) in [6.07, 6.45) is 1.21. The van der Waals surface area contributed by atoms with Crippen LogP contribution in [0.4, 0.5) is 18.9 Å². The van der Waals surface area contributed by atoms with Gasteiger partial charge in [-0.3, -0.25) is 9.59 Å². The lowest BCUT2D eigenvalue weighted by Crippen LogP contribution is -2.30. The molecule has 0 radical (unpaired) electrons. The van der Waals surface area contributed by atoms with Gasteiger partial charge < -0.3 is 0 Å². The lowest BCUT2D eigenvalue weighted by Gasteiger charge is -2.15. The third-order valence-corrected chi connectivity index (χ3v) is 5.21. The van der Waals surface area contributed by atoms with E-state index in [1.165, 1.54) is 29.1 Å². The van der Waals surface area contributed by atoms with Crippen LogP contribution in [-0.4, -0.2) is 26.6 Å². The summed E-state index contributed by atoms with van der Waals surface area (Å²) in [4.78, 5) is 31.2. The standard InChI is InChI=1S/C22H13F3N4O2/c1-10-3-6-17(16(25)7-10)28-21(30)13-9-26-20-18(19(13)22(28)31)11(2)27-29(20)12-4-5-14(23)15(24)8-12/h3-9H,1-2H3. The monoisotopic (exact) mass is 422 g/mol. The maximum Gasteiger partial charge on any atom is 0.267 e. The summed E-state index contributed by atoms with van der Waals surface area (Å²) in [7, 11) is 0. The second-order valence-electron chi connectivity index (χ2n) is 7.24. The van der Waals surface area contributed by atoms with Gasteiger partial charge in [0.15, 0.2) is 17.3 Å². The first-order valence-electron chi connectivity index (χ1n) is 9.26. The largest absolute Gasteiger partial charge is 0.268 e. The van der Waals surface area contributed by atoms with E-state index in [1.54, 1.807) is 19.9 Å². The molecular weight excluding hydrogens is 409 g/mol. The number of rotatable bonds is 2. The Morgan fingerprint density at radius 2 is 1.65 bits per heavy atom. The number of hydrogen-bond donors (Lipinski definition) is 0. The molecule has 1 aliphatic rings. The van der Waals surface area contributed by atoms with E-state index in [-0.39, 0.29) is 33.5 Å². The van der Waals surface area contributed by atoms with E-state index in [9.17, 15) is 22.8 Å². The molecule has 0 saturated carbocycles. The highest BCUT2D eigenvalue weighted by Crippen LogP contribution is 2.35. The van der Waals surface area contributed by atoms with Crippen LogP contribution in [0.25, 0.3) is 16.7 Å². The molecule has 154 valence electrons. The molecule has 0 unspecified atom stereocenters. The van der Waals surface area contributed by atoms with Crippen molar-refractivity contribution in [3.63, 3.8) is 0 Å². The minimum absolute atomic E-state index is 0.0189. The van der Waals surface area contributed by atoms with Crippen molar-refractivity contribution >= 4 is 28.5 Å². The molecule has 0 atom stereocenters. The molecule has 0 fully saturated rings. The molecule has 2 aromatic heterocycles. The van der Waals surface area contributed by atoms with Gasteiger partial charge >= 0.3 is 0 Å². The normalized spacial score (nSPS) is 13.4. The molecule has 6 nitrogen and oxygen atoms in total. The minimum atomic E-state index is -1.06. The van der Waals surface area contributed by atoms with E-state index in [1.807, 2.05) is 0 Å². The second-order valence-corrected chi connectivity index (χ2v) is 7.24. The fraction of sp³-hybridized carbons (Fsp3) is 0.0909. The number of amides is 2. The van der Waals surface area contributed by atoms with Crippen molar-refractivity contribution in [3.05, 3.63) is 82.4 Å². The first-order chi connectivity index (χ1) is 14.8. The third kappa shape index (κ3) is 2.66. The van der Waals surface area contributed by atoms with Gasteiger partial charge in [-0.15, -0.1) is 0 Å². The number of benzene rings is 2. The number of fused-ring (bicyclic) bond motifs is 3. The molecule has 3 heterocycles. The van der Waals surface area contributed by atoms with E-state index in [2.05, 4.69) is 10.1 Å². The van der Waals surface area contributed by atoms with Crippen LogP contribution in [0.2, 0.25) is 0 Å². The zero-order valence-electron chi connectivity index (χ0n) is 16.3. The molecule has 0 N–H and O–H groups in total. The van der Waals surface area contributed by atoms with Crippen LogP contribution in [0.3, 0.4) is 0 Å². The maximum absolute atomic E-state index is 14.5. The number of halogens is 3. The van der Waals surface area contributed by atoms with Crippen LogP contribution in [0.5, 0.6) is 0 Å². The lowest BCUT2D eigenvalue weighted by molar-refractivity contribution is 0.0925. The molecule has 31 heavy (non-hydrogen) atoms. The summed E-state index contributed by atoms with van der Waals surface area (Å²) in [6, 6.07) is 7.43. The topological polar surface area (TPSA) is 68.1 Å². The van der Waals surface area contributed by atoms with Gasteiger partial charge in [0.2, 0.25) is 0 Å². The zero-order valence-corrected chi connectivity index (χ0v) is 16.3. The Bertz CT molecular complexity index is 1440. The van der Waals surface area contributed by atoms with Crippen molar-refractivity contribution in [2.75, 3.05) is 4.90 Å². The number of imide groups is 1. The van der Waals surface area contributed by atoms with Crippen molar-refractivity contribution in [2.45, 2.75) is 13.8 Å². The maximum atomic E-state index is 14.5. The summed E-state index contributed by atoms with van der Waals surface area (Å²) in [6.45, 7) is 3.30. The van der Waals surface area contributed by atoms with Crippen molar-refractivity contribution in [2.24, 2.45) is 0 Å². The second kappa shape index (κ2) is 6.49. The number of pyridine rings is 1. The number of carbonyl (C=O) groups is 2. The third-order valence-electron chi connectivity index (χ3n) is 5.21. The van der Waals surface area contributed by atoms with E-state index in [4.69, 9.17) is 0 Å². The first kappa shape index (κ1) is 19.0. The van der Waals surface area contributed by atoms with Crippen molar-refractivity contribution < 1.29 is 22.8 Å². The van der Waals surface area contributed by atoms with E-state index in [0.29, 0.717) is 11.3 Å². The van der Waals surface area contributed by atoms with Crippen molar-refractivity contribution in [1.29, 1.82) is 0 Å². The summed E-state index contributed by atoms with van der Waals surface area (Å²) in [5, 5.41) is 4.59. The van der Waals surface area contributed by atoms with Gasteiger partial charge in [0.05, 0.1) is 33.6 Å². The fourth-order valence-corrected chi connectivity index (χ4v) is 3.77. The lowest BCUT2D eigenvalue weighted by atomic mass is 10.1. The molecule has 0 saturated heterocycles. The summed E-state index contributed by atoms with van der Waals surface area (Å²) < 4.78 is 42.8. The smallest absolute Gasteiger partial charge is 0.267 e. The predicted molar refractivity (Wildman–Crippen MR) is 106 cm³/mol. The molecule has 9 heteroatoms. The van der Waals surface area contributed by atoms with Crippen LogP contribution >= 0.6 is 0 Å². The van der Waals surface area contributed by atoms with Crippen LogP contribution in [0.15, 0.2) is 42.6 Å². The van der Waals surface area contributed by atoms with Gasteiger partial charge in [-0.1, -0.05) is 6.07 Å². The van der Waals surface area contributed by atoms with Gasteiger partial charge in [-0.25, -0.2) is 27.7 Å². The van der Waals surface area contributed by atoms with Gasteiger partial charge in [0.25, 0.3) is 11.8 Å². The molecule has 4 aromatic rings. The van der Waals surface area contributed by atoms with Crippen LogP contribution in [0.1, 0.15) is 32.0 Å². The van der Waals surface area contributed by atoms with Crippen molar-refractivity contribution in [3.8, 4) is 5.69 Å². The van der Waals surface area contributed by atoms with Gasteiger partial charge in [-0.2, -0.15) is 5.10 Å². The van der Waals surface area contributed by atoms with Crippen molar-refractivity contribution in [1.82, 2.24) is 14.8 Å². The van der Waals surface area contributed by atoms with Gasteiger partial charge in [0.1, 0.15) is 5.82 Å². The Balaban J connectivity index is 1.71. The number of anilines is 1. The summed E-state index contributed by atoms with van der Waals surface area (Å²) in [5.41, 5.74) is 1.29. The number of nitrogens with zero attached hydrogens (tertiary/aromatic N) is 4. The Morgan fingerprint density at radius 1 is 0.871 bits per heavy atom. The SMILES string of the molecule is Cc1ccc(N2C(=O)c3cnc4c(c(C)nn4-c4ccc(F)c(F)c4)c3C2=O)c(F)c1. The number of carbonyl (C=O) groups excluding carboxylic acids is 2. The van der Waals surface area contributed by atoms with Crippen LogP contribution < -0.4 is 4.90 Å². The molecule has 0 spiro atoms. The minimum Gasteiger partial charge on any atom is -0.268 e. The quantitative estimate of drug-likeness (QED) is 0.453. The molecular formula is C22H13F3N4O2. The van der Waals surface area contributed by atoms with Crippen LogP contribution in [-0.2, 0) is 0 Å². The first-order valence-corrected chi connectivity index (χ1v) is 9.26. The van der Waals surface area contributed by atoms with E-state index >= 15 is 0 Å². The predicted octanol–water partition coefficient (Wildman–Crippen LogP) is 4.26. The highest BCUT2D eigenvalue weighted by atomic mass is 19.2. The highest BCUT2D eigenvalue weighted by Gasteiger charge is 2.41. The molecule has 5 rings (SSSR count). The number of hydrogen-bond acceptors (Lipinski definition) is 4. The Hall–Kier alpha value is -4.01. The Kier molecular flexibility index (Phi) is 3.98. The number of aromatic nitrogens is 3. The number of aryl methyl sites for hydroxylation is 2. The highest BCUT2D eigenvalue weighted by molar-refractivity contribution is 6.37. The van der Waals surface area contributed by atoms with E-state index in [0.717, 1.165) is 17.0 Å². The zero-order chi connectivity index (χ0) is 22.0. The average Bonchev–Trinajstić information content (AvgIpc) is 3.19. The molecule has 2 amide bonds. The van der Waals surface area contributed by atoms with Gasteiger partial charge in [0, 0.05) is 12.3 Å². The van der Waals surface area contributed by atoms with Gasteiger partial charge in [-0.05, 0) is 43.7 Å². The summed E-state index contributed by atoms with van der Waals surface area (Å²) in [5.74, 6) is -4.18. The van der Waals surface area contributed by atoms with E-state index < -0.39 is 29.3 Å². The Morgan fingerprint density at radius 3 is 2.35 bits per heavy atom. The van der Waals surface area contributed by atoms with Crippen LogP contribution in [0, 0.1) is 31.3 Å².